The number of aliphatic hydroxyl groups is 1. The Balaban J connectivity index is 1.53. The smallest absolute Gasteiger partial charge is 0.309 e. The predicted molar refractivity (Wildman–Crippen MR) is 160 cm³/mol. The molecule has 1 unspecified atom stereocenters. The molecule has 2 aliphatic rings. The number of aliphatic hydroxyl groups excluding tert-OH is 1. The summed E-state index contributed by atoms with van der Waals surface area (Å²) in [7, 11) is 0. The molecule has 2 aromatic rings. The lowest BCUT2D eigenvalue weighted by Crippen LogP contribution is -2.42. The van der Waals surface area contributed by atoms with Crippen molar-refractivity contribution in [1.29, 1.82) is 0 Å². The molecule has 2 aromatic carbocycles. The minimum absolute atomic E-state index is 0.00255. The van der Waals surface area contributed by atoms with Gasteiger partial charge in [0.15, 0.2) is 11.5 Å². The summed E-state index contributed by atoms with van der Waals surface area (Å²) in [5, 5.41) is 12.1. The number of carbonyl (C=O) groups is 3. The molecule has 42 heavy (non-hydrogen) atoms. The van der Waals surface area contributed by atoms with Gasteiger partial charge in [0, 0.05) is 54.3 Å². The lowest BCUT2D eigenvalue weighted by Gasteiger charge is -2.34. The Labute approximate surface area is 252 Å². The van der Waals surface area contributed by atoms with Gasteiger partial charge in [-0.1, -0.05) is 44.5 Å². The van der Waals surface area contributed by atoms with Crippen LogP contribution in [0.2, 0.25) is 5.02 Å². The van der Waals surface area contributed by atoms with Gasteiger partial charge in [-0.3, -0.25) is 14.4 Å². The number of hydrogen-bond donors (Lipinski definition) is 1. The second-order valence-corrected chi connectivity index (χ2v) is 12.4. The highest BCUT2D eigenvalue weighted by molar-refractivity contribution is 6.30. The maximum Gasteiger partial charge on any atom is 0.309 e. The van der Waals surface area contributed by atoms with E-state index >= 15 is 0 Å². The molecule has 4 rings (SSSR count). The standard InChI is InChI=1S/C32H41ClN2O7/c1-5-40-31(39)21-13-15-34(16-14-21)27(36)11-12-28(37)35(20-32(2,3)4)25-10-9-22(33)19-24(25)29(38)23-7-6-8-26-30(23)42-18-17-41-26/h6-10,19,21,29,38H,5,11-18,20H2,1-4H3. The molecule has 0 aromatic heterocycles. The highest BCUT2D eigenvalue weighted by Gasteiger charge is 2.31. The molecule has 1 atom stereocenters. The number of anilines is 1. The highest BCUT2D eigenvalue weighted by atomic mass is 35.5. The third kappa shape index (κ3) is 7.75. The number of likely N-dealkylation sites (tertiary alicyclic amines) is 1. The molecule has 1 fully saturated rings. The SMILES string of the molecule is CCOC(=O)C1CCN(C(=O)CCC(=O)N(CC(C)(C)C)c2ccc(Cl)cc2C(O)c2cccc3c2OCCO3)CC1. The molecule has 0 aliphatic carbocycles. The van der Waals surface area contributed by atoms with Crippen LogP contribution in [0.5, 0.6) is 11.5 Å². The lowest BCUT2D eigenvalue weighted by atomic mass is 9.93. The first-order valence-corrected chi connectivity index (χ1v) is 15.0. The van der Waals surface area contributed by atoms with Crippen LogP contribution in [-0.2, 0) is 19.1 Å². The Bertz CT molecular complexity index is 1280. The van der Waals surface area contributed by atoms with E-state index in [9.17, 15) is 19.5 Å². The number of piperidine rings is 1. The Morgan fingerprint density at radius 2 is 1.79 bits per heavy atom. The number of carbonyl (C=O) groups excluding carboxylic acids is 3. The fourth-order valence-corrected chi connectivity index (χ4v) is 5.56. The monoisotopic (exact) mass is 600 g/mol. The summed E-state index contributed by atoms with van der Waals surface area (Å²) < 4.78 is 16.7. The van der Waals surface area contributed by atoms with Gasteiger partial charge in [0.25, 0.3) is 0 Å². The largest absolute Gasteiger partial charge is 0.486 e. The third-order valence-electron chi connectivity index (χ3n) is 7.42. The highest BCUT2D eigenvalue weighted by Crippen LogP contribution is 2.42. The maximum atomic E-state index is 13.8. The van der Waals surface area contributed by atoms with Crippen LogP contribution >= 0.6 is 11.6 Å². The van der Waals surface area contributed by atoms with Crippen molar-refractivity contribution in [3.05, 3.63) is 52.5 Å². The predicted octanol–water partition coefficient (Wildman–Crippen LogP) is 5.15. The lowest BCUT2D eigenvalue weighted by molar-refractivity contribution is -0.151. The number of rotatable bonds is 9. The van der Waals surface area contributed by atoms with E-state index in [1.807, 2.05) is 20.8 Å². The van der Waals surface area contributed by atoms with Crippen LogP contribution in [0.25, 0.3) is 0 Å². The molecule has 2 amide bonds. The molecule has 2 aliphatic heterocycles. The van der Waals surface area contributed by atoms with Gasteiger partial charge in [-0.2, -0.15) is 0 Å². The van der Waals surface area contributed by atoms with E-state index in [0.717, 1.165) is 0 Å². The number of esters is 1. The van der Waals surface area contributed by atoms with Gasteiger partial charge in [0.1, 0.15) is 19.3 Å². The first-order valence-electron chi connectivity index (χ1n) is 14.6. The van der Waals surface area contributed by atoms with Gasteiger partial charge in [-0.15, -0.1) is 0 Å². The Kier molecular flexibility index (Phi) is 10.4. The topological polar surface area (TPSA) is 106 Å². The van der Waals surface area contributed by atoms with Crippen LogP contribution in [0, 0.1) is 11.3 Å². The first kappa shape index (κ1) is 31.6. The van der Waals surface area contributed by atoms with E-state index in [1.165, 1.54) is 0 Å². The fourth-order valence-electron chi connectivity index (χ4n) is 5.38. The van der Waals surface area contributed by atoms with Gasteiger partial charge in [-0.05, 0) is 49.4 Å². The molecule has 0 saturated carbocycles. The number of ether oxygens (including phenoxy) is 3. The molecular weight excluding hydrogens is 560 g/mol. The van der Waals surface area contributed by atoms with Crippen LogP contribution in [0.4, 0.5) is 5.69 Å². The molecule has 228 valence electrons. The average Bonchev–Trinajstić information content (AvgIpc) is 2.97. The van der Waals surface area contributed by atoms with Crippen molar-refractivity contribution in [1.82, 2.24) is 4.90 Å². The Morgan fingerprint density at radius 3 is 2.48 bits per heavy atom. The number of halogens is 1. The molecule has 9 nitrogen and oxygen atoms in total. The molecule has 0 spiro atoms. The molecular formula is C32H41ClN2O7. The normalized spacial score (nSPS) is 16.1. The Morgan fingerprint density at radius 1 is 1.07 bits per heavy atom. The zero-order valence-electron chi connectivity index (χ0n) is 24.9. The van der Waals surface area contributed by atoms with E-state index in [0.29, 0.717) is 85.6 Å². The van der Waals surface area contributed by atoms with Crippen LogP contribution in [0.1, 0.15) is 70.6 Å². The summed E-state index contributed by atoms with van der Waals surface area (Å²) in [6, 6.07) is 10.4. The van der Waals surface area contributed by atoms with Crippen molar-refractivity contribution in [3.63, 3.8) is 0 Å². The third-order valence-corrected chi connectivity index (χ3v) is 7.66. The summed E-state index contributed by atoms with van der Waals surface area (Å²) in [6.07, 6.45) is 0.0135. The molecule has 1 N–H and O–H groups in total. The second-order valence-electron chi connectivity index (χ2n) is 11.9. The van der Waals surface area contributed by atoms with Crippen molar-refractivity contribution >= 4 is 35.1 Å². The van der Waals surface area contributed by atoms with Gasteiger partial charge < -0.3 is 29.1 Å². The maximum absolute atomic E-state index is 13.8. The van der Waals surface area contributed by atoms with E-state index in [4.69, 9.17) is 25.8 Å². The van der Waals surface area contributed by atoms with Crippen LogP contribution in [0.3, 0.4) is 0 Å². The number of para-hydroxylation sites is 1. The molecule has 10 heteroatoms. The summed E-state index contributed by atoms with van der Waals surface area (Å²) in [5.74, 6) is 0.256. The van der Waals surface area contributed by atoms with Crippen LogP contribution in [0.15, 0.2) is 36.4 Å². The van der Waals surface area contributed by atoms with Gasteiger partial charge in [-0.25, -0.2) is 0 Å². The molecule has 0 bridgehead atoms. The number of nitrogens with zero attached hydrogens (tertiary/aromatic N) is 2. The minimum Gasteiger partial charge on any atom is -0.486 e. The Hall–Kier alpha value is -3.30. The van der Waals surface area contributed by atoms with Crippen molar-refractivity contribution in [2.45, 2.75) is 59.5 Å². The zero-order valence-corrected chi connectivity index (χ0v) is 25.6. The van der Waals surface area contributed by atoms with E-state index in [1.54, 1.807) is 53.1 Å². The van der Waals surface area contributed by atoms with Crippen molar-refractivity contribution < 1.29 is 33.7 Å². The number of benzene rings is 2. The van der Waals surface area contributed by atoms with E-state index < -0.39 is 6.10 Å². The average molecular weight is 601 g/mol. The summed E-state index contributed by atoms with van der Waals surface area (Å²) in [6.45, 7) is 10.3. The van der Waals surface area contributed by atoms with Crippen molar-refractivity contribution in [3.8, 4) is 11.5 Å². The molecule has 0 radical (unpaired) electrons. The summed E-state index contributed by atoms with van der Waals surface area (Å²) in [4.78, 5) is 42.2. The van der Waals surface area contributed by atoms with Gasteiger partial charge >= 0.3 is 5.97 Å². The number of fused-ring (bicyclic) bond motifs is 1. The van der Waals surface area contributed by atoms with Crippen LogP contribution < -0.4 is 14.4 Å². The first-order chi connectivity index (χ1) is 20.0. The number of amides is 2. The zero-order chi connectivity index (χ0) is 30.4. The number of hydrogen-bond acceptors (Lipinski definition) is 7. The van der Waals surface area contributed by atoms with Crippen LogP contribution in [-0.4, -0.2) is 67.2 Å². The minimum atomic E-state index is -1.15. The van der Waals surface area contributed by atoms with Gasteiger partial charge in [0.2, 0.25) is 11.8 Å². The second kappa shape index (κ2) is 13.8. The van der Waals surface area contributed by atoms with Gasteiger partial charge in [0.05, 0.1) is 12.5 Å². The fraction of sp³-hybridized carbons (Fsp3) is 0.531. The van der Waals surface area contributed by atoms with Crippen molar-refractivity contribution in [2.75, 3.05) is 44.4 Å². The molecule has 2 heterocycles. The summed E-state index contributed by atoms with van der Waals surface area (Å²) in [5.41, 5.74) is 1.21. The molecule has 1 saturated heterocycles. The van der Waals surface area contributed by atoms with Crippen molar-refractivity contribution in [2.24, 2.45) is 11.3 Å². The van der Waals surface area contributed by atoms with E-state index in [2.05, 4.69) is 0 Å². The van der Waals surface area contributed by atoms with E-state index in [-0.39, 0.29) is 42.0 Å². The summed E-state index contributed by atoms with van der Waals surface area (Å²) >= 11 is 6.40. The quantitative estimate of drug-likeness (QED) is 0.397.